The van der Waals surface area contributed by atoms with E-state index in [1.807, 2.05) is 6.07 Å². The maximum absolute atomic E-state index is 13.6. The molecule has 0 aromatic heterocycles. The lowest BCUT2D eigenvalue weighted by Crippen LogP contribution is -2.33. The van der Waals surface area contributed by atoms with Gasteiger partial charge in [-0.2, -0.15) is 0 Å². The summed E-state index contributed by atoms with van der Waals surface area (Å²) in [5.74, 6) is -0.770. The molecular formula is C25H33FN2O. The molecule has 0 saturated carbocycles. The topological polar surface area (TPSA) is 46.3 Å². The fourth-order valence-corrected chi connectivity index (χ4v) is 4.79. The zero-order valence-corrected chi connectivity index (χ0v) is 18.5. The highest BCUT2D eigenvalue weighted by Gasteiger charge is 2.34. The predicted octanol–water partition coefficient (Wildman–Crippen LogP) is 5.32. The fourth-order valence-electron chi connectivity index (χ4n) is 4.79. The number of hydrogen-bond donors (Lipinski definition) is 1. The minimum absolute atomic E-state index is 0.163. The first kappa shape index (κ1) is 21.4. The second-order valence-corrected chi connectivity index (χ2v) is 9.52. The van der Waals surface area contributed by atoms with Gasteiger partial charge in [0.05, 0.1) is 5.92 Å². The van der Waals surface area contributed by atoms with Crippen LogP contribution >= 0.6 is 0 Å². The Bertz CT molecular complexity index is 943. The van der Waals surface area contributed by atoms with Crippen LogP contribution in [0.1, 0.15) is 66.5 Å². The molecule has 156 valence electrons. The Hall–Kier alpha value is -2.36. The summed E-state index contributed by atoms with van der Waals surface area (Å²) in [6.07, 6.45) is 1.88. The largest absolute Gasteiger partial charge is 0.369 e. The van der Waals surface area contributed by atoms with Crippen LogP contribution in [0.25, 0.3) is 0 Å². The third-order valence-corrected chi connectivity index (χ3v) is 6.31. The average Bonchev–Trinajstić information content (AvgIpc) is 2.82. The second kappa shape index (κ2) is 7.81. The Kier molecular flexibility index (Phi) is 5.75. The van der Waals surface area contributed by atoms with Crippen LogP contribution in [0.2, 0.25) is 0 Å². The number of rotatable bonds is 3. The van der Waals surface area contributed by atoms with Gasteiger partial charge in [-0.25, -0.2) is 4.39 Å². The van der Waals surface area contributed by atoms with E-state index in [1.54, 1.807) is 12.1 Å². The van der Waals surface area contributed by atoms with Gasteiger partial charge in [0, 0.05) is 18.8 Å². The van der Waals surface area contributed by atoms with Crippen LogP contribution in [0.4, 0.5) is 10.1 Å². The lowest BCUT2D eigenvalue weighted by Gasteiger charge is -2.34. The van der Waals surface area contributed by atoms with E-state index >= 15 is 0 Å². The Morgan fingerprint density at radius 1 is 1.10 bits per heavy atom. The van der Waals surface area contributed by atoms with Crippen molar-refractivity contribution in [2.45, 2.75) is 66.8 Å². The number of hydrogen-bond acceptors (Lipinski definition) is 2. The molecule has 0 aliphatic carbocycles. The molecule has 29 heavy (non-hydrogen) atoms. The quantitative estimate of drug-likeness (QED) is 0.763. The van der Waals surface area contributed by atoms with Crippen LogP contribution < -0.4 is 10.6 Å². The van der Waals surface area contributed by atoms with Gasteiger partial charge in [-0.05, 0) is 90.6 Å². The van der Waals surface area contributed by atoms with E-state index in [-0.39, 0.29) is 23.1 Å². The normalized spacial score (nSPS) is 15.6. The minimum atomic E-state index is -0.330. The number of amides is 1. The number of carbonyl (C=O) groups excluding carboxylic acids is 1. The molecule has 3 nitrogen and oxygen atoms in total. The molecule has 0 saturated heterocycles. The number of aryl methyl sites for hydroxylation is 2. The van der Waals surface area contributed by atoms with Crippen molar-refractivity contribution in [3.8, 4) is 0 Å². The zero-order chi connectivity index (χ0) is 21.5. The molecule has 1 heterocycles. The van der Waals surface area contributed by atoms with Crippen LogP contribution in [0.3, 0.4) is 0 Å². The van der Waals surface area contributed by atoms with Gasteiger partial charge >= 0.3 is 0 Å². The van der Waals surface area contributed by atoms with Gasteiger partial charge in [0.1, 0.15) is 5.82 Å². The first-order valence-electron chi connectivity index (χ1n) is 10.4. The molecule has 1 amide bonds. The molecule has 0 spiro atoms. The summed E-state index contributed by atoms with van der Waals surface area (Å²) in [5, 5.41) is 0. The molecule has 4 heteroatoms. The summed E-state index contributed by atoms with van der Waals surface area (Å²) >= 11 is 0. The van der Waals surface area contributed by atoms with E-state index in [4.69, 9.17) is 5.73 Å². The summed E-state index contributed by atoms with van der Waals surface area (Å²) in [4.78, 5) is 14.7. The van der Waals surface area contributed by atoms with Crippen molar-refractivity contribution in [1.29, 1.82) is 0 Å². The molecule has 0 bridgehead atoms. The molecule has 1 aliphatic rings. The molecule has 1 unspecified atom stereocenters. The monoisotopic (exact) mass is 396 g/mol. The van der Waals surface area contributed by atoms with Gasteiger partial charge in [-0.1, -0.05) is 26.8 Å². The van der Waals surface area contributed by atoms with E-state index in [9.17, 15) is 9.18 Å². The molecule has 3 rings (SSSR count). The van der Waals surface area contributed by atoms with E-state index in [2.05, 4.69) is 52.5 Å². The van der Waals surface area contributed by atoms with Crippen LogP contribution in [-0.4, -0.2) is 12.5 Å². The maximum atomic E-state index is 13.6. The summed E-state index contributed by atoms with van der Waals surface area (Å²) in [7, 11) is 0. The highest BCUT2D eigenvalue weighted by atomic mass is 19.1. The van der Waals surface area contributed by atoms with Crippen LogP contribution in [0.5, 0.6) is 0 Å². The van der Waals surface area contributed by atoms with Gasteiger partial charge in [0.2, 0.25) is 5.91 Å². The molecule has 1 atom stereocenters. The van der Waals surface area contributed by atoms with Gasteiger partial charge in [-0.15, -0.1) is 0 Å². The summed E-state index contributed by atoms with van der Waals surface area (Å²) in [5.41, 5.74) is 13.6. The van der Waals surface area contributed by atoms with Crippen LogP contribution in [-0.2, 0) is 17.8 Å². The van der Waals surface area contributed by atoms with Crippen molar-refractivity contribution in [1.82, 2.24) is 0 Å². The summed E-state index contributed by atoms with van der Waals surface area (Å²) in [6, 6.07) is 7.34. The van der Waals surface area contributed by atoms with Crippen molar-refractivity contribution >= 4 is 11.6 Å². The molecule has 2 aromatic carbocycles. The Labute approximate surface area is 174 Å². The third-order valence-electron chi connectivity index (χ3n) is 6.31. The van der Waals surface area contributed by atoms with Gasteiger partial charge in [-0.3, -0.25) is 4.79 Å². The lowest BCUT2D eigenvalue weighted by atomic mass is 9.72. The van der Waals surface area contributed by atoms with Crippen molar-refractivity contribution in [2.24, 2.45) is 11.1 Å². The number of carbonyl (C=O) groups is 1. The van der Waals surface area contributed by atoms with E-state index in [0.717, 1.165) is 48.2 Å². The SMILES string of the molecule is Cc1cc(N2CCCc3cc(F)ccc3C2)c(C)c(C)c1C(C(N)=O)C(C)(C)C. The highest BCUT2D eigenvalue weighted by molar-refractivity contribution is 5.84. The Morgan fingerprint density at radius 2 is 1.79 bits per heavy atom. The molecule has 0 radical (unpaired) electrons. The number of primary amides is 1. The number of anilines is 1. The summed E-state index contributed by atoms with van der Waals surface area (Å²) in [6.45, 7) is 14.2. The molecular weight excluding hydrogens is 363 g/mol. The molecule has 1 aliphatic heterocycles. The zero-order valence-electron chi connectivity index (χ0n) is 18.5. The standard InChI is InChI=1S/C25H33FN2O/c1-15-12-21(16(2)17(3)22(15)23(24(27)29)25(4,5)6)28-11-7-8-18-13-20(26)10-9-19(18)14-28/h9-10,12-13,23H,7-8,11,14H2,1-6H3,(H2,27,29). The van der Waals surface area contributed by atoms with E-state index in [1.165, 1.54) is 16.8 Å². The second-order valence-electron chi connectivity index (χ2n) is 9.52. The molecule has 2 N–H and O–H groups in total. The van der Waals surface area contributed by atoms with Gasteiger partial charge < -0.3 is 10.6 Å². The first-order valence-corrected chi connectivity index (χ1v) is 10.4. The predicted molar refractivity (Wildman–Crippen MR) is 118 cm³/mol. The average molecular weight is 397 g/mol. The first-order chi connectivity index (χ1) is 13.5. The smallest absolute Gasteiger partial charge is 0.225 e. The maximum Gasteiger partial charge on any atom is 0.225 e. The van der Waals surface area contributed by atoms with Crippen LogP contribution in [0, 0.1) is 32.0 Å². The molecule has 0 fully saturated rings. The van der Waals surface area contributed by atoms with Crippen molar-refractivity contribution in [3.05, 3.63) is 63.5 Å². The number of nitrogens with two attached hydrogens (primary N) is 1. The van der Waals surface area contributed by atoms with Gasteiger partial charge in [0.25, 0.3) is 0 Å². The number of benzene rings is 2. The Balaban J connectivity index is 2.06. The van der Waals surface area contributed by atoms with E-state index < -0.39 is 0 Å². The van der Waals surface area contributed by atoms with Crippen molar-refractivity contribution in [2.75, 3.05) is 11.4 Å². The van der Waals surface area contributed by atoms with E-state index in [0.29, 0.717) is 0 Å². The Morgan fingerprint density at radius 3 is 2.41 bits per heavy atom. The number of fused-ring (bicyclic) bond motifs is 1. The van der Waals surface area contributed by atoms with Crippen molar-refractivity contribution < 1.29 is 9.18 Å². The minimum Gasteiger partial charge on any atom is -0.369 e. The molecule has 2 aromatic rings. The highest BCUT2D eigenvalue weighted by Crippen LogP contribution is 2.41. The van der Waals surface area contributed by atoms with Crippen LogP contribution in [0.15, 0.2) is 24.3 Å². The fraction of sp³-hybridized carbons (Fsp3) is 0.480. The van der Waals surface area contributed by atoms with Gasteiger partial charge in [0.15, 0.2) is 0 Å². The number of halogens is 1. The summed E-state index contributed by atoms with van der Waals surface area (Å²) < 4.78 is 13.6. The number of nitrogens with zero attached hydrogens (tertiary/aromatic N) is 1. The van der Waals surface area contributed by atoms with Crippen molar-refractivity contribution in [3.63, 3.8) is 0 Å². The lowest BCUT2D eigenvalue weighted by molar-refractivity contribution is -0.121. The third kappa shape index (κ3) is 4.17.